The van der Waals surface area contributed by atoms with E-state index in [2.05, 4.69) is 17.6 Å². The summed E-state index contributed by atoms with van der Waals surface area (Å²) < 4.78 is 0. The van der Waals surface area contributed by atoms with Gasteiger partial charge in [0.25, 0.3) is 0 Å². The SMILES string of the molecule is CC1N[C@H]2CCC2C2CC[C@@H]2N1. The molecule has 2 aliphatic carbocycles. The van der Waals surface area contributed by atoms with Crippen LogP contribution >= 0.6 is 0 Å². The fourth-order valence-corrected chi connectivity index (χ4v) is 3.18. The molecule has 12 heavy (non-hydrogen) atoms. The highest BCUT2D eigenvalue weighted by Crippen LogP contribution is 2.45. The third kappa shape index (κ3) is 0.882. The molecule has 0 bridgehead atoms. The summed E-state index contributed by atoms with van der Waals surface area (Å²) in [4.78, 5) is 0. The minimum Gasteiger partial charge on any atom is -0.299 e. The second-order valence-corrected chi connectivity index (χ2v) is 4.75. The van der Waals surface area contributed by atoms with E-state index in [0.717, 1.165) is 23.9 Å². The maximum Gasteiger partial charge on any atom is 0.0546 e. The van der Waals surface area contributed by atoms with Crippen LogP contribution in [0, 0.1) is 11.8 Å². The fourth-order valence-electron chi connectivity index (χ4n) is 3.18. The van der Waals surface area contributed by atoms with Gasteiger partial charge in [0.05, 0.1) is 6.17 Å². The monoisotopic (exact) mass is 166 g/mol. The zero-order chi connectivity index (χ0) is 8.13. The van der Waals surface area contributed by atoms with E-state index in [1.165, 1.54) is 25.7 Å². The molecule has 0 aromatic rings. The second-order valence-electron chi connectivity index (χ2n) is 4.75. The molecule has 68 valence electrons. The molecule has 2 heteroatoms. The van der Waals surface area contributed by atoms with E-state index >= 15 is 0 Å². The Morgan fingerprint density at radius 1 is 0.833 bits per heavy atom. The first-order valence-electron chi connectivity index (χ1n) is 5.37. The average molecular weight is 166 g/mol. The predicted molar refractivity (Wildman–Crippen MR) is 48.8 cm³/mol. The molecule has 3 rings (SSSR count). The molecule has 2 saturated carbocycles. The van der Waals surface area contributed by atoms with Gasteiger partial charge in [-0.05, 0) is 44.4 Å². The van der Waals surface area contributed by atoms with E-state index in [9.17, 15) is 0 Å². The molecule has 1 saturated heterocycles. The third-order valence-electron chi connectivity index (χ3n) is 4.13. The standard InChI is InChI=1S/C10H18N2/c1-6-11-9-4-2-7(9)8-3-5-10(8)12-6/h6-12H,2-5H2,1H3/t6?,7?,8?,9-,10-/m0/s1. The van der Waals surface area contributed by atoms with E-state index in [0.29, 0.717) is 6.17 Å². The van der Waals surface area contributed by atoms with Crippen molar-refractivity contribution in [1.29, 1.82) is 0 Å². The van der Waals surface area contributed by atoms with Crippen LogP contribution < -0.4 is 10.6 Å². The van der Waals surface area contributed by atoms with Gasteiger partial charge in [0.2, 0.25) is 0 Å². The summed E-state index contributed by atoms with van der Waals surface area (Å²) >= 11 is 0. The van der Waals surface area contributed by atoms with Crippen LogP contribution in [0.2, 0.25) is 0 Å². The molecule has 1 aliphatic heterocycles. The number of hydrogen-bond acceptors (Lipinski definition) is 2. The molecule has 4 atom stereocenters. The van der Waals surface area contributed by atoms with Crippen molar-refractivity contribution < 1.29 is 0 Å². The fraction of sp³-hybridized carbons (Fsp3) is 1.00. The van der Waals surface area contributed by atoms with Crippen LogP contribution in [0.25, 0.3) is 0 Å². The van der Waals surface area contributed by atoms with Gasteiger partial charge in [-0.15, -0.1) is 0 Å². The first-order valence-corrected chi connectivity index (χ1v) is 5.37. The Balaban J connectivity index is 1.78. The van der Waals surface area contributed by atoms with Crippen LogP contribution in [0.5, 0.6) is 0 Å². The molecular formula is C10H18N2. The number of nitrogens with one attached hydrogen (secondary N) is 2. The molecule has 2 N–H and O–H groups in total. The largest absolute Gasteiger partial charge is 0.299 e. The third-order valence-corrected chi connectivity index (χ3v) is 4.13. The summed E-state index contributed by atoms with van der Waals surface area (Å²) in [6.45, 7) is 2.26. The number of rotatable bonds is 0. The molecule has 1 heterocycles. The molecule has 2 nitrogen and oxygen atoms in total. The summed E-state index contributed by atoms with van der Waals surface area (Å²) in [5.41, 5.74) is 0. The molecule has 2 unspecified atom stereocenters. The Morgan fingerprint density at radius 2 is 1.33 bits per heavy atom. The number of fused-ring (bicyclic) bond motifs is 3. The van der Waals surface area contributed by atoms with Crippen molar-refractivity contribution in [2.75, 3.05) is 0 Å². The van der Waals surface area contributed by atoms with Crippen LogP contribution in [0.1, 0.15) is 32.6 Å². The summed E-state index contributed by atoms with van der Waals surface area (Å²) in [5, 5.41) is 7.34. The van der Waals surface area contributed by atoms with Crippen molar-refractivity contribution in [2.45, 2.75) is 50.9 Å². The highest BCUT2D eigenvalue weighted by atomic mass is 15.2. The zero-order valence-electron chi connectivity index (χ0n) is 7.72. The van der Waals surface area contributed by atoms with E-state index in [1.54, 1.807) is 0 Å². The summed E-state index contributed by atoms with van der Waals surface area (Å²) in [7, 11) is 0. The van der Waals surface area contributed by atoms with Crippen LogP contribution in [0.4, 0.5) is 0 Å². The lowest BCUT2D eigenvalue weighted by Crippen LogP contribution is -2.50. The normalized spacial score (nSPS) is 57.2. The van der Waals surface area contributed by atoms with E-state index in [1.807, 2.05) is 0 Å². The molecule has 0 aromatic heterocycles. The van der Waals surface area contributed by atoms with Gasteiger partial charge < -0.3 is 0 Å². The summed E-state index contributed by atoms with van der Waals surface area (Å²) in [6.07, 6.45) is 6.34. The van der Waals surface area contributed by atoms with Gasteiger partial charge in [-0.1, -0.05) is 0 Å². The first kappa shape index (κ1) is 7.34. The molecule has 3 aliphatic rings. The summed E-state index contributed by atoms with van der Waals surface area (Å²) in [6, 6.07) is 1.70. The van der Waals surface area contributed by atoms with E-state index in [4.69, 9.17) is 0 Å². The summed E-state index contributed by atoms with van der Waals surface area (Å²) in [5.74, 6) is 2.03. The lowest BCUT2D eigenvalue weighted by atomic mass is 9.62. The van der Waals surface area contributed by atoms with Crippen molar-refractivity contribution in [2.24, 2.45) is 11.8 Å². The van der Waals surface area contributed by atoms with Gasteiger partial charge in [0.1, 0.15) is 0 Å². The molecule has 3 fully saturated rings. The van der Waals surface area contributed by atoms with Gasteiger partial charge in [-0.3, -0.25) is 10.6 Å². The van der Waals surface area contributed by atoms with Crippen LogP contribution in [-0.2, 0) is 0 Å². The van der Waals surface area contributed by atoms with Crippen molar-refractivity contribution in [3.8, 4) is 0 Å². The van der Waals surface area contributed by atoms with Gasteiger partial charge in [0, 0.05) is 12.1 Å². The highest BCUT2D eigenvalue weighted by Gasteiger charge is 2.47. The van der Waals surface area contributed by atoms with Crippen molar-refractivity contribution in [3.63, 3.8) is 0 Å². The first-order chi connectivity index (χ1) is 5.84. The van der Waals surface area contributed by atoms with E-state index in [-0.39, 0.29) is 0 Å². The Kier molecular flexibility index (Phi) is 1.50. The van der Waals surface area contributed by atoms with Crippen molar-refractivity contribution >= 4 is 0 Å². The maximum absolute atomic E-state index is 3.67. The minimum atomic E-state index is 0.549. The topological polar surface area (TPSA) is 24.1 Å². The Morgan fingerprint density at radius 3 is 1.67 bits per heavy atom. The van der Waals surface area contributed by atoms with Gasteiger partial charge in [-0.2, -0.15) is 0 Å². The smallest absolute Gasteiger partial charge is 0.0546 e. The second kappa shape index (κ2) is 2.46. The molecular weight excluding hydrogens is 148 g/mol. The van der Waals surface area contributed by atoms with Crippen LogP contribution in [-0.4, -0.2) is 18.2 Å². The Hall–Kier alpha value is -0.0800. The van der Waals surface area contributed by atoms with Crippen LogP contribution in [0.3, 0.4) is 0 Å². The zero-order valence-corrected chi connectivity index (χ0v) is 7.72. The highest BCUT2D eigenvalue weighted by molar-refractivity contribution is 5.03. The lowest BCUT2D eigenvalue weighted by molar-refractivity contribution is 0.0766. The van der Waals surface area contributed by atoms with Gasteiger partial charge >= 0.3 is 0 Å². The Bertz CT molecular complexity index is 172. The Labute approximate surface area is 74.1 Å². The molecule has 0 aromatic carbocycles. The van der Waals surface area contributed by atoms with Crippen molar-refractivity contribution in [1.82, 2.24) is 10.6 Å². The number of hydrogen-bond donors (Lipinski definition) is 2. The molecule has 0 spiro atoms. The average Bonchev–Trinajstić information content (AvgIpc) is 2.05. The van der Waals surface area contributed by atoms with Crippen LogP contribution in [0.15, 0.2) is 0 Å². The molecule has 0 radical (unpaired) electrons. The molecule has 0 amide bonds. The van der Waals surface area contributed by atoms with E-state index < -0.39 is 0 Å². The predicted octanol–water partition coefficient (Wildman–Crippen LogP) is 1.08. The minimum absolute atomic E-state index is 0.549. The quantitative estimate of drug-likeness (QED) is 0.563. The lowest BCUT2D eigenvalue weighted by Gasteiger charge is -2.47. The van der Waals surface area contributed by atoms with Crippen molar-refractivity contribution in [3.05, 3.63) is 0 Å². The maximum atomic E-state index is 3.67. The van der Waals surface area contributed by atoms with Gasteiger partial charge in [-0.25, -0.2) is 0 Å². The van der Waals surface area contributed by atoms with Gasteiger partial charge in [0.15, 0.2) is 0 Å².